The molecule has 0 aliphatic carbocycles. The Balaban J connectivity index is 3.25. The second kappa shape index (κ2) is 3.71. The van der Waals surface area contributed by atoms with E-state index in [1.165, 1.54) is 0 Å². The highest BCUT2D eigenvalue weighted by atomic mass is 35.5. The number of anilines is 1. The molecule has 1 aromatic heterocycles. The molecule has 1 heterocycles. The van der Waals surface area contributed by atoms with Gasteiger partial charge in [-0.2, -0.15) is 5.26 Å². The number of aromatic nitrogens is 1. The summed E-state index contributed by atoms with van der Waals surface area (Å²) in [6.45, 7) is 4.05. The number of halogens is 1. The predicted molar refractivity (Wildman–Crippen MR) is 53.6 cm³/mol. The maximum absolute atomic E-state index is 8.82. The van der Waals surface area contributed by atoms with Gasteiger partial charge in [0.1, 0.15) is 16.9 Å². The number of rotatable bonds is 2. The quantitative estimate of drug-likeness (QED) is 0.792. The van der Waals surface area contributed by atoms with Gasteiger partial charge < -0.3 is 10.3 Å². The summed E-state index contributed by atoms with van der Waals surface area (Å²) >= 11 is 5.95. The Labute approximate surface area is 82.7 Å². The molecule has 0 bridgehead atoms. The van der Waals surface area contributed by atoms with Gasteiger partial charge in [-0.05, 0) is 19.4 Å². The Kier molecular flexibility index (Phi) is 2.84. The molecular formula is C9H12ClN3. The lowest BCUT2D eigenvalue weighted by molar-refractivity contribution is 0.530. The number of nitrogens with zero attached hydrogens (tertiary/aromatic N) is 2. The first-order valence-corrected chi connectivity index (χ1v) is 4.55. The maximum Gasteiger partial charge on any atom is 0.133 e. The van der Waals surface area contributed by atoms with Gasteiger partial charge in [0.25, 0.3) is 0 Å². The summed E-state index contributed by atoms with van der Waals surface area (Å²) in [5.74, 6) is 0. The molecular weight excluding hydrogens is 186 g/mol. The third-order valence-corrected chi connectivity index (χ3v) is 2.55. The van der Waals surface area contributed by atoms with Crippen molar-refractivity contribution >= 4 is 17.3 Å². The molecule has 0 aliphatic rings. The van der Waals surface area contributed by atoms with Gasteiger partial charge in [-0.3, -0.25) is 0 Å². The van der Waals surface area contributed by atoms with E-state index in [4.69, 9.17) is 22.6 Å². The van der Waals surface area contributed by atoms with Gasteiger partial charge in [0, 0.05) is 6.04 Å². The molecule has 0 saturated heterocycles. The van der Waals surface area contributed by atoms with Gasteiger partial charge in [-0.15, -0.1) is 0 Å². The molecule has 0 aliphatic heterocycles. The molecule has 1 atom stereocenters. The predicted octanol–water partition coefficient (Wildman–Crippen LogP) is 2.57. The number of nitriles is 1. The number of hydrogen-bond donors (Lipinski definition) is 1. The van der Waals surface area contributed by atoms with Gasteiger partial charge in [0.2, 0.25) is 0 Å². The molecule has 0 aromatic carbocycles. The highest BCUT2D eigenvalue weighted by molar-refractivity contribution is 6.32. The van der Waals surface area contributed by atoms with Crippen molar-refractivity contribution in [1.29, 1.82) is 5.26 Å². The second-order valence-corrected chi connectivity index (χ2v) is 3.37. The lowest BCUT2D eigenvalue weighted by atomic mass is 10.2. The van der Waals surface area contributed by atoms with Gasteiger partial charge in [0.05, 0.1) is 5.69 Å². The van der Waals surface area contributed by atoms with Crippen LogP contribution >= 0.6 is 11.6 Å². The lowest BCUT2D eigenvalue weighted by Gasteiger charge is -2.13. The third kappa shape index (κ3) is 1.63. The summed E-state index contributed by atoms with van der Waals surface area (Å²) in [5, 5.41) is 9.28. The smallest absolute Gasteiger partial charge is 0.133 e. The molecule has 0 radical (unpaired) electrons. The van der Waals surface area contributed by atoms with E-state index in [1.807, 2.05) is 13.8 Å². The first-order chi connectivity index (χ1) is 6.11. The fraction of sp³-hybridized carbons (Fsp3) is 0.444. The fourth-order valence-corrected chi connectivity index (χ4v) is 1.53. The molecule has 4 heteroatoms. The second-order valence-electron chi connectivity index (χ2n) is 3.01. The van der Waals surface area contributed by atoms with Crippen molar-refractivity contribution in [1.82, 2.24) is 4.57 Å². The Morgan fingerprint density at radius 2 is 2.38 bits per heavy atom. The number of hydrogen-bond acceptors (Lipinski definition) is 2. The summed E-state index contributed by atoms with van der Waals surface area (Å²) in [4.78, 5) is 0. The summed E-state index contributed by atoms with van der Waals surface area (Å²) in [6, 6.07) is 3.88. The van der Waals surface area contributed by atoms with E-state index >= 15 is 0 Å². The Morgan fingerprint density at radius 1 is 1.77 bits per heavy atom. The standard InChI is InChI=1S/C9H12ClN3/c1-3-6(2)13-7(5-11)4-8(12)9(13)10/h4,6H,3,12H2,1-2H3/t6-/m1/s1. The summed E-state index contributed by atoms with van der Waals surface area (Å²) in [7, 11) is 0. The molecule has 13 heavy (non-hydrogen) atoms. The lowest BCUT2D eigenvalue weighted by Crippen LogP contribution is -2.06. The highest BCUT2D eigenvalue weighted by Crippen LogP contribution is 2.28. The van der Waals surface area contributed by atoms with Gasteiger partial charge >= 0.3 is 0 Å². The van der Waals surface area contributed by atoms with E-state index in [2.05, 4.69) is 6.07 Å². The summed E-state index contributed by atoms with van der Waals surface area (Å²) in [6.07, 6.45) is 0.919. The first kappa shape index (κ1) is 9.94. The van der Waals surface area contributed by atoms with Crippen LogP contribution < -0.4 is 5.73 Å². The van der Waals surface area contributed by atoms with Crippen LogP contribution in [0.2, 0.25) is 5.15 Å². The van der Waals surface area contributed by atoms with E-state index in [0.29, 0.717) is 16.5 Å². The van der Waals surface area contributed by atoms with Gasteiger partial charge in [0.15, 0.2) is 0 Å². The molecule has 0 unspecified atom stereocenters. The zero-order valence-electron chi connectivity index (χ0n) is 7.71. The van der Waals surface area contributed by atoms with Crippen LogP contribution in [0.4, 0.5) is 5.69 Å². The van der Waals surface area contributed by atoms with E-state index in [-0.39, 0.29) is 6.04 Å². The largest absolute Gasteiger partial charge is 0.396 e. The molecule has 1 aromatic rings. The normalized spacial score (nSPS) is 12.5. The van der Waals surface area contributed by atoms with Crippen LogP contribution in [0, 0.1) is 11.3 Å². The molecule has 3 nitrogen and oxygen atoms in total. The van der Waals surface area contributed by atoms with E-state index in [9.17, 15) is 0 Å². The minimum atomic E-state index is 0.208. The number of nitrogens with two attached hydrogens (primary N) is 1. The average molecular weight is 198 g/mol. The molecule has 70 valence electrons. The summed E-state index contributed by atoms with van der Waals surface area (Å²) in [5.41, 5.74) is 6.60. The van der Waals surface area contributed by atoms with Gasteiger partial charge in [-0.1, -0.05) is 18.5 Å². The van der Waals surface area contributed by atoms with Crippen LogP contribution in [0.5, 0.6) is 0 Å². The monoisotopic (exact) mass is 197 g/mol. The van der Waals surface area contributed by atoms with E-state index in [1.54, 1.807) is 10.6 Å². The minimum absolute atomic E-state index is 0.208. The van der Waals surface area contributed by atoms with Crippen LogP contribution in [0.15, 0.2) is 6.07 Å². The Morgan fingerprint density at radius 3 is 2.85 bits per heavy atom. The maximum atomic E-state index is 8.82. The Bertz CT molecular complexity index is 348. The van der Waals surface area contributed by atoms with Crippen molar-refractivity contribution in [3.63, 3.8) is 0 Å². The molecule has 0 saturated carbocycles. The Hall–Kier alpha value is -1.14. The van der Waals surface area contributed by atoms with Crippen LogP contribution in [-0.2, 0) is 0 Å². The van der Waals surface area contributed by atoms with E-state index < -0.39 is 0 Å². The fourth-order valence-electron chi connectivity index (χ4n) is 1.22. The topological polar surface area (TPSA) is 54.7 Å². The first-order valence-electron chi connectivity index (χ1n) is 4.18. The molecule has 1 rings (SSSR count). The third-order valence-electron chi connectivity index (χ3n) is 2.15. The van der Waals surface area contributed by atoms with Crippen molar-refractivity contribution in [2.45, 2.75) is 26.3 Å². The van der Waals surface area contributed by atoms with Crippen LogP contribution in [-0.4, -0.2) is 4.57 Å². The average Bonchev–Trinajstić information content (AvgIpc) is 2.42. The molecule has 0 fully saturated rings. The van der Waals surface area contributed by atoms with Crippen LogP contribution in [0.3, 0.4) is 0 Å². The highest BCUT2D eigenvalue weighted by Gasteiger charge is 2.14. The van der Waals surface area contributed by atoms with Crippen molar-refractivity contribution in [2.75, 3.05) is 5.73 Å². The van der Waals surface area contributed by atoms with Crippen molar-refractivity contribution in [2.24, 2.45) is 0 Å². The summed E-state index contributed by atoms with van der Waals surface area (Å²) < 4.78 is 1.76. The molecule has 2 N–H and O–H groups in total. The zero-order valence-corrected chi connectivity index (χ0v) is 8.47. The minimum Gasteiger partial charge on any atom is -0.396 e. The van der Waals surface area contributed by atoms with E-state index in [0.717, 1.165) is 6.42 Å². The SMILES string of the molecule is CC[C@@H](C)n1c(C#N)cc(N)c1Cl. The van der Waals surface area contributed by atoms with Crippen molar-refractivity contribution in [3.05, 3.63) is 16.9 Å². The van der Waals surface area contributed by atoms with Crippen LogP contribution in [0.25, 0.3) is 0 Å². The van der Waals surface area contributed by atoms with Crippen molar-refractivity contribution < 1.29 is 0 Å². The zero-order chi connectivity index (χ0) is 10.0. The molecule has 0 spiro atoms. The van der Waals surface area contributed by atoms with Crippen LogP contribution in [0.1, 0.15) is 32.0 Å². The molecule has 0 amide bonds. The van der Waals surface area contributed by atoms with Crippen molar-refractivity contribution in [3.8, 4) is 6.07 Å². The van der Waals surface area contributed by atoms with Gasteiger partial charge in [-0.25, -0.2) is 0 Å². The number of nitrogen functional groups attached to an aromatic ring is 1.